The third kappa shape index (κ3) is 4.96. The molecule has 1 heterocycles. The van der Waals surface area contributed by atoms with Gasteiger partial charge in [0.2, 0.25) is 0 Å². The van der Waals surface area contributed by atoms with Crippen LogP contribution in [0.2, 0.25) is 5.02 Å². The first-order valence-electron chi connectivity index (χ1n) is 6.48. The second-order valence-corrected chi connectivity index (χ2v) is 4.83. The monoisotopic (exact) mass is 306 g/mol. The number of carbonyl (C=O) groups excluding carboxylic acids is 2. The molecule has 6 heteroatoms. The Labute approximate surface area is 127 Å². The average molecular weight is 307 g/mol. The quantitative estimate of drug-likeness (QED) is 0.829. The Bertz CT molecular complexity index is 611. The zero-order chi connectivity index (χ0) is 15.1. The van der Waals surface area contributed by atoms with E-state index in [4.69, 9.17) is 16.0 Å². The van der Waals surface area contributed by atoms with Crippen molar-refractivity contribution in [3.05, 3.63) is 59.0 Å². The first-order chi connectivity index (χ1) is 10.1. The number of hydrogen-bond acceptors (Lipinski definition) is 3. The van der Waals surface area contributed by atoms with Crippen molar-refractivity contribution in [2.45, 2.75) is 13.0 Å². The van der Waals surface area contributed by atoms with E-state index in [0.29, 0.717) is 23.7 Å². The van der Waals surface area contributed by atoms with Gasteiger partial charge in [-0.2, -0.15) is 0 Å². The van der Waals surface area contributed by atoms with Gasteiger partial charge in [0.1, 0.15) is 5.76 Å². The molecule has 0 aliphatic rings. The van der Waals surface area contributed by atoms with Gasteiger partial charge in [0.25, 0.3) is 0 Å². The molecule has 0 bridgehead atoms. The molecule has 1 aromatic heterocycles. The van der Waals surface area contributed by atoms with Gasteiger partial charge in [0.15, 0.2) is 0 Å². The molecule has 0 aliphatic heterocycles. The van der Waals surface area contributed by atoms with Crippen LogP contribution in [0.1, 0.15) is 11.3 Å². The predicted molar refractivity (Wildman–Crippen MR) is 78.7 cm³/mol. The molecule has 0 unspecified atom stereocenters. The molecule has 2 rings (SSSR count). The summed E-state index contributed by atoms with van der Waals surface area (Å²) in [5.74, 6) is -0.754. The van der Waals surface area contributed by atoms with Crippen molar-refractivity contribution in [1.29, 1.82) is 0 Å². The Morgan fingerprint density at radius 3 is 2.62 bits per heavy atom. The smallest absolute Gasteiger partial charge is 0.309 e. The number of hydrogen-bond donors (Lipinski definition) is 2. The van der Waals surface area contributed by atoms with Crippen molar-refractivity contribution in [2.24, 2.45) is 0 Å². The highest BCUT2D eigenvalue weighted by molar-refractivity contribution is 6.35. The van der Waals surface area contributed by atoms with Crippen molar-refractivity contribution in [3.63, 3.8) is 0 Å². The summed E-state index contributed by atoms with van der Waals surface area (Å²) in [6.07, 6.45) is 2.12. The molecule has 0 spiro atoms. The topological polar surface area (TPSA) is 71.3 Å². The second-order valence-electron chi connectivity index (χ2n) is 4.40. The first-order valence-corrected chi connectivity index (χ1v) is 6.86. The minimum atomic E-state index is -0.683. The van der Waals surface area contributed by atoms with Crippen molar-refractivity contribution >= 4 is 23.4 Å². The van der Waals surface area contributed by atoms with Gasteiger partial charge >= 0.3 is 11.8 Å². The molecular formula is C15H15ClN2O3. The average Bonchev–Trinajstić information content (AvgIpc) is 2.98. The minimum absolute atomic E-state index is 0.188. The zero-order valence-corrected chi connectivity index (χ0v) is 12.0. The van der Waals surface area contributed by atoms with Gasteiger partial charge in [-0.3, -0.25) is 9.59 Å². The molecular weight excluding hydrogens is 292 g/mol. The summed E-state index contributed by atoms with van der Waals surface area (Å²) in [5, 5.41) is 5.68. The van der Waals surface area contributed by atoms with E-state index in [-0.39, 0.29) is 6.54 Å². The maximum absolute atomic E-state index is 11.6. The lowest BCUT2D eigenvalue weighted by Crippen LogP contribution is -2.40. The Hall–Kier alpha value is -2.27. The minimum Gasteiger partial charge on any atom is -0.467 e. The number of furan rings is 1. The van der Waals surface area contributed by atoms with Crippen LogP contribution in [-0.2, 0) is 22.6 Å². The van der Waals surface area contributed by atoms with E-state index in [1.807, 2.05) is 18.2 Å². The summed E-state index contributed by atoms with van der Waals surface area (Å²) in [6.45, 7) is 0.556. The number of amides is 2. The molecule has 0 saturated heterocycles. The van der Waals surface area contributed by atoms with Gasteiger partial charge in [0.05, 0.1) is 12.8 Å². The highest BCUT2D eigenvalue weighted by Crippen LogP contribution is 2.10. The van der Waals surface area contributed by atoms with Crippen LogP contribution >= 0.6 is 11.6 Å². The fourth-order valence-electron chi connectivity index (χ4n) is 1.75. The third-order valence-electron chi connectivity index (χ3n) is 2.80. The van der Waals surface area contributed by atoms with Crippen LogP contribution < -0.4 is 10.6 Å². The van der Waals surface area contributed by atoms with Crippen molar-refractivity contribution < 1.29 is 14.0 Å². The van der Waals surface area contributed by atoms with Gasteiger partial charge in [-0.1, -0.05) is 23.7 Å². The SMILES string of the molecule is O=C(NCCc1cccc(Cl)c1)C(=O)NCc1ccco1. The molecule has 2 amide bonds. The molecule has 5 nitrogen and oxygen atoms in total. The molecule has 110 valence electrons. The van der Waals surface area contributed by atoms with Gasteiger partial charge in [0, 0.05) is 11.6 Å². The van der Waals surface area contributed by atoms with Crippen LogP contribution in [0, 0.1) is 0 Å². The molecule has 21 heavy (non-hydrogen) atoms. The van der Waals surface area contributed by atoms with E-state index in [1.54, 1.807) is 18.2 Å². The number of halogens is 1. The van der Waals surface area contributed by atoms with Gasteiger partial charge < -0.3 is 15.1 Å². The Kier molecular flexibility index (Phi) is 5.40. The highest BCUT2D eigenvalue weighted by atomic mass is 35.5. The van der Waals surface area contributed by atoms with Crippen molar-refractivity contribution in [3.8, 4) is 0 Å². The lowest BCUT2D eigenvalue weighted by atomic mass is 10.1. The largest absolute Gasteiger partial charge is 0.467 e. The summed E-state index contributed by atoms with van der Waals surface area (Å²) in [6, 6.07) is 10.8. The van der Waals surface area contributed by atoms with Crippen LogP contribution in [0.4, 0.5) is 0 Å². The molecule has 2 N–H and O–H groups in total. The normalized spacial score (nSPS) is 10.1. The molecule has 0 saturated carbocycles. The molecule has 1 aromatic carbocycles. The van der Waals surface area contributed by atoms with E-state index in [9.17, 15) is 9.59 Å². The highest BCUT2D eigenvalue weighted by Gasteiger charge is 2.12. The maximum atomic E-state index is 11.6. The van der Waals surface area contributed by atoms with Crippen LogP contribution in [0.25, 0.3) is 0 Å². The molecule has 0 radical (unpaired) electrons. The van der Waals surface area contributed by atoms with Gasteiger partial charge in [-0.05, 0) is 36.2 Å². The number of benzene rings is 1. The van der Waals surface area contributed by atoms with E-state index in [0.717, 1.165) is 5.56 Å². The van der Waals surface area contributed by atoms with Gasteiger partial charge in [-0.15, -0.1) is 0 Å². The Balaban J connectivity index is 1.70. The van der Waals surface area contributed by atoms with Crippen LogP contribution in [0.5, 0.6) is 0 Å². The first kappa shape index (κ1) is 15.1. The number of carbonyl (C=O) groups is 2. The fourth-order valence-corrected chi connectivity index (χ4v) is 1.97. The predicted octanol–water partition coefficient (Wildman–Crippen LogP) is 1.91. The van der Waals surface area contributed by atoms with E-state index < -0.39 is 11.8 Å². The maximum Gasteiger partial charge on any atom is 0.309 e. The molecule has 0 aliphatic carbocycles. The summed E-state index contributed by atoms with van der Waals surface area (Å²) in [7, 11) is 0. The van der Waals surface area contributed by atoms with E-state index in [2.05, 4.69) is 10.6 Å². The van der Waals surface area contributed by atoms with Crippen LogP contribution in [0.15, 0.2) is 47.1 Å². The Morgan fingerprint density at radius 2 is 1.90 bits per heavy atom. The lowest BCUT2D eigenvalue weighted by molar-refractivity contribution is -0.139. The summed E-state index contributed by atoms with van der Waals surface area (Å²) in [4.78, 5) is 23.1. The molecule has 2 aromatic rings. The standard InChI is InChI=1S/C15H15ClN2O3/c16-12-4-1-3-11(9-12)6-7-17-14(19)15(20)18-10-13-5-2-8-21-13/h1-5,8-9H,6-7,10H2,(H,17,19)(H,18,20). The molecule has 0 atom stereocenters. The summed E-state index contributed by atoms with van der Waals surface area (Å²) >= 11 is 5.87. The fraction of sp³-hybridized carbons (Fsp3) is 0.200. The van der Waals surface area contributed by atoms with Crippen LogP contribution in [0.3, 0.4) is 0 Å². The van der Waals surface area contributed by atoms with E-state index >= 15 is 0 Å². The second kappa shape index (κ2) is 7.50. The van der Waals surface area contributed by atoms with Crippen LogP contribution in [-0.4, -0.2) is 18.4 Å². The Morgan fingerprint density at radius 1 is 1.10 bits per heavy atom. The summed E-state index contributed by atoms with van der Waals surface area (Å²) < 4.78 is 5.05. The zero-order valence-electron chi connectivity index (χ0n) is 11.3. The van der Waals surface area contributed by atoms with Gasteiger partial charge in [-0.25, -0.2) is 0 Å². The third-order valence-corrected chi connectivity index (χ3v) is 3.03. The molecule has 0 fully saturated rings. The van der Waals surface area contributed by atoms with Crippen molar-refractivity contribution in [2.75, 3.05) is 6.54 Å². The number of nitrogens with one attached hydrogen (secondary N) is 2. The number of rotatable bonds is 5. The van der Waals surface area contributed by atoms with E-state index in [1.165, 1.54) is 6.26 Å². The summed E-state index contributed by atoms with van der Waals surface area (Å²) in [5.41, 5.74) is 0.999. The lowest BCUT2D eigenvalue weighted by Gasteiger charge is -2.06. The van der Waals surface area contributed by atoms with Crippen molar-refractivity contribution in [1.82, 2.24) is 10.6 Å².